The monoisotopic (exact) mass is 447 g/mol. The number of carbonyl (C=O) groups excluding carboxylic acids is 1. The van der Waals surface area contributed by atoms with Gasteiger partial charge in [-0.2, -0.15) is 0 Å². The van der Waals surface area contributed by atoms with Crippen molar-refractivity contribution in [1.82, 2.24) is 15.5 Å². The zero-order valence-corrected chi connectivity index (χ0v) is 19.2. The molecule has 0 spiro atoms. The quantitative estimate of drug-likeness (QED) is 0.398. The minimum Gasteiger partial charge on any atom is -0.489 e. The molecule has 0 aliphatic rings. The van der Waals surface area contributed by atoms with Gasteiger partial charge in [0.2, 0.25) is 0 Å². The van der Waals surface area contributed by atoms with Gasteiger partial charge in [0.05, 0.1) is 22.0 Å². The van der Waals surface area contributed by atoms with E-state index in [0.29, 0.717) is 24.5 Å². The van der Waals surface area contributed by atoms with Crippen LogP contribution in [-0.2, 0) is 13.0 Å². The van der Waals surface area contributed by atoms with E-state index in [9.17, 15) is 4.79 Å². The number of hydrogen-bond donors (Lipinski definition) is 1. The van der Waals surface area contributed by atoms with Crippen molar-refractivity contribution in [2.45, 2.75) is 33.8 Å². The smallest absolute Gasteiger partial charge is 0.251 e. The molecule has 0 aliphatic heterocycles. The first-order valence-corrected chi connectivity index (χ1v) is 11.3. The maximum Gasteiger partial charge on any atom is 0.251 e. The van der Waals surface area contributed by atoms with E-state index >= 15 is 0 Å². The fourth-order valence-electron chi connectivity index (χ4n) is 3.35. The molecular weight excluding hydrogens is 422 g/mol. The van der Waals surface area contributed by atoms with Crippen molar-refractivity contribution in [2.24, 2.45) is 0 Å². The number of ether oxygens (including phenoxy) is 1. The number of benzene rings is 2. The van der Waals surface area contributed by atoms with Gasteiger partial charge < -0.3 is 14.6 Å². The fraction of sp³-hybridized carbons (Fsp3) is 0.240. The van der Waals surface area contributed by atoms with Crippen LogP contribution in [0, 0.1) is 20.8 Å². The van der Waals surface area contributed by atoms with Gasteiger partial charge in [0, 0.05) is 23.1 Å². The molecule has 32 heavy (non-hydrogen) atoms. The first-order valence-electron chi connectivity index (χ1n) is 10.4. The Hall–Kier alpha value is -3.45. The third-order valence-corrected chi connectivity index (χ3v) is 6.00. The molecule has 4 rings (SSSR count). The zero-order valence-electron chi connectivity index (χ0n) is 18.3. The topological polar surface area (TPSA) is 77.2 Å². The summed E-state index contributed by atoms with van der Waals surface area (Å²) in [5.41, 5.74) is 5.58. The Balaban J connectivity index is 1.29. The largest absolute Gasteiger partial charge is 0.489 e. The van der Waals surface area contributed by atoms with E-state index in [1.807, 2.05) is 32.9 Å². The van der Waals surface area contributed by atoms with Gasteiger partial charge in [0.25, 0.3) is 5.91 Å². The maximum atomic E-state index is 12.6. The number of nitrogens with zero attached hydrogens (tertiary/aromatic N) is 2. The molecule has 4 aromatic rings. The van der Waals surface area contributed by atoms with Gasteiger partial charge in [-0.3, -0.25) is 4.79 Å². The van der Waals surface area contributed by atoms with Crippen molar-refractivity contribution in [3.63, 3.8) is 0 Å². The van der Waals surface area contributed by atoms with Gasteiger partial charge in [-0.25, -0.2) is 4.98 Å². The number of thiazole rings is 1. The number of nitrogens with one attached hydrogen (secondary N) is 1. The number of aromatic nitrogens is 2. The molecule has 164 valence electrons. The molecule has 1 N–H and O–H groups in total. The van der Waals surface area contributed by atoms with Crippen LogP contribution in [-0.4, -0.2) is 22.6 Å². The third kappa shape index (κ3) is 5.23. The molecule has 1 amide bonds. The van der Waals surface area contributed by atoms with Gasteiger partial charge in [-0.15, -0.1) is 11.3 Å². The van der Waals surface area contributed by atoms with Crippen molar-refractivity contribution >= 4 is 17.2 Å². The predicted octanol–water partition coefficient (Wildman–Crippen LogP) is 5.27. The Morgan fingerprint density at radius 3 is 2.62 bits per heavy atom. The lowest BCUT2D eigenvalue weighted by Gasteiger charge is -2.09. The number of hydrogen-bond acceptors (Lipinski definition) is 6. The van der Waals surface area contributed by atoms with Crippen LogP contribution in [0.2, 0.25) is 0 Å². The number of carbonyl (C=O) groups is 1. The van der Waals surface area contributed by atoms with Crippen molar-refractivity contribution in [2.75, 3.05) is 6.54 Å². The van der Waals surface area contributed by atoms with Gasteiger partial charge in [-0.05, 0) is 51.0 Å². The first-order chi connectivity index (χ1) is 15.5. The van der Waals surface area contributed by atoms with Crippen LogP contribution in [0.15, 0.2) is 58.4 Å². The normalized spacial score (nSPS) is 10.8. The van der Waals surface area contributed by atoms with Crippen molar-refractivity contribution in [3.05, 3.63) is 87.1 Å². The van der Waals surface area contributed by atoms with E-state index in [1.54, 1.807) is 23.5 Å². The van der Waals surface area contributed by atoms with Crippen LogP contribution in [0.3, 0.4) is 0 Å². The lowest BCUT2D eigenvalue weighted by molar-refractivity contribution is 0.0953. The van der Waals surface area contributed by atoms with Crippen LogP contribution >= 0.6 is 11.3 Å². The average Bonchev–Trinajstić information content (AvgIpc) is 3.38. The lowest BCUT2D eigenvalue weighted by atomic mass is 10.1. The highest BCUT2D eigenvalue weighted by molar-refractivity contribution is 7.09. The van der Waals surface area contributed by atoms with Gasteiger partial charge in [-0.1, -0.05) is 35.5 Å². The number of rotatable bonds is 8. The van der Waals surface area contributed by atoms with Crippen LogP contribution in [0.5, 0.6) is 5.75 Å². The minimum absolute atomic E-state index is 0.123. The van der Waals surface area contributed by atoms with Crippen LogP contribution < -0.4 is 10.1 Å². The van der Waals surface area contributed by atoms with Crippen LogP contribution in [0.1, 0.15) is 37.9 Å². The van der Waals surface area contributed by atoms with Crippen molar-refractivity contribution in [3.8, 4) is 17.0 Å². The van der Waals surface area contributed by atoms with Gasteiger partial charge >= 0.3 is 0 Å². The Labute approximate surface area is 191 Å². The molecule has 7 heteroatoms. The second-order valence-electron chi connectivity index (χ2n) is 7.57. The molecule has 0 saturated carbocycles. The van der Waals surface area contributed by atoms with E-state index in [4.69, 9.17) is 9.26 Å². The van der Waals surface area contributed by atoms with E-state index < -0.39 is 0 Å². The molecule has 0 atom stereocenters. The molecule has 0 fully saturated rings. The van der Waals surface area contributed by atoms with Crippen LogP contribution in [0.4, 0.5) is 0 Å². The molecule has 6 nitrogen and oxygen atoms in total. The number of aryl methyl sites for hydroxylation is 3. The lowest BCUT2D eigenvalue weighted by Crippen LogP contribution is -2.25. The molecular formula is C25H25N3O3S. The number of amides is 1. The SMILES string of the molecule is Cc1nc(-c2ccc(CCNC(=O)c3cccc(OCc4c(C)noc4C)c3)cc2)cs1. The molecule has 2 aromatic heterocycles. The summed E-state index contributed by atoms with van der Waals surface area (Å²) in [4.78, 5) is 17.1. The van der Waals surface area contributed by atoms with E-state index in [0.717, 1.165) is 45.3 Å². The Kier molecular flexibility index (Phi) is 6.66. The summed E-state index contributed by atoms with van der Waals surface area (Å²) in [5, 5.41) is 10.0. The summed E-state index contributed by atoms with van der Waals surface area (Å²) in [6, 6.07) is 15.5. The highest BCUT2D eigenvalue weighted by Crippen LogP contribution is 2.22. The Morgan fingerprint density at radius 1 is 1.12 bits per heavy atom. The highest BCUT2D eigenvalue weighted by Gasteiger charge is 2.11. The second-order valence-corrected chi connectivity index (χ2v) is 8.64. The van der Waals surface area contributed by atoms with Crippen molar-refractivity contribution in [1.29, 1.82) is 0 Å². The maximum absolute atomic E-state index is 12.6. The summed E-state index contributed by atoms with van der Waals surface area (Å²) in [5.74, 6) is 1.25. The van der Waals surface area contributed by atoms with E-state index in [-0.39, 0.29) is 5.91 Å². The Bertz CT molecular complexity index is 1190. The first kappa shape index (κ1) is 21.8. The van der Waals surface area contributed by atoms with E-state index in [1.165, 1.54) is 0 Å². The molecule has 0 unspecified atom stereocenters. The summed E-state index contributed by atoms with van der Waals surface area (Å²) in [6.45, 7) is 6.65. The molecule has 0 saturated heterocycles. The minimum atomic E-state index is -0.123. The summed E-state index contributed by atoms with van der Waals surface area (Å²) in [7, 11) is 0. The average molecular weight is 448 g/mol. The van der Waals surface area contributed by atoms with Gasteiger partial charge in [0.1, 0.15) is 18.1 Å². The summed E-state index contributed by atoms with van der Waals surface area (Å²) < 4.78 is 11.0. The van der Waals surface area contributed by atoms with E-state index in [2.05, 4.69) is 45.1 Å². The third-order valence-electron chi connectivity index (χ3n) is 5.23. The second kappa shape index (κ2) is 9.78. The molecule has 2 heterocycles. The predicted molar refractivity (Wildman–Crippen MR) is 125 cm³/mol. The molecule has 0 aliphatic carbocycles. The molecule has 2 aromatic carbocycles. The molecule has 0 radical (unpaired) electrons. The van der Waals surface area contributed by atoms with Crippen LogP contribution in [0.25, 0.3) is 11.3 Å². The summed E-state index contributed by atoms with van der Waals surface area (Å²) >= 11 is 1.65. The zero-order chi connectivity index (χ0) is 22.5. The van der Waals surface area contributed by atoms with Gasteiger partial charge in [0.15, 0.2) is 0 Å². The highest BCUT2D eigenvalue weighted by atomic mass is 32.1. The standard InChI is InChI=1S/C25H25N3O3S/c1-16-23(17(2)31-28-16)14-30-22-6-4-5-21(13-22)25(29)26-12-11-19-7-9-20(10-8-19)24-15-32-18(3)27-24/h4-10,13,15H,11-12,14H2,1-3H3,(H,26,29). The van der Waals surface area contributed by atoms with Crippen molar-refractivity contribution < 1.29 is 14.1 Å². The Morgan fingerprint density at radius 2 is 1.94 bits per heavy atom. The summed E-state index contributed by atoms with van der Waals surface area (Å²) in [6.07, 6.45) is 0.754. The molecule has 0 bridgehead atoms. The fourth-order valence-corrected chi connectivity index (χ4v) is 3.97.